The number of aromatic nitrogens is 3. The average Bonchev–Trinajstić information content (AvgIpc) is 3.03. The van der Waals surface area contributed by atoms with Crippen molar-refractivity contribution in [3.05, 3.63) is 41.1 Å². The first kappa shape index (κ1) is 18.1. The van der Waals surface area contributed by atoms with Crippen molar-refractivity contribution in [3.63, 3.8) is 0 Å². The van der Waals surface area contributed by atoms with E-state index in [2.05, 4.69) is 29.2 Å². The maximum atomic E-state index is 12.9. The van der Waals surface area contributed by atoms with Gasteiger partial charge in [-0.25, -0.2) is 4.68 Å². The van der Waals surface area contributed by atoms with Gasteiger partial charge in [-0.15, -0.1) is 5.10 Å². The third-order valence-corrected chi connectivity index (χ3v) is 5.60. The van der Waals surface area contributed by atoms with Crippen LogP contribution in [0.25, 0.3) is 0 Å². The highest BCUT2D eigenvalue weighted by Gasteiger charge is 2.38. The van der Waals surface area contributed by atoms with Gasteiger partial charge in [0.1, 0.15) is 11.8 Å². The van der Waals surface area contributed by atoms with Crippen LogP contribution >= 0.6 is 11.8 Å². The first-order valence-electron chi connectivity index (χ1n) is 9.46. The average molecular weight is 385 g/mol. The van der Waals surface area contributed by atoms with Gasteiger partial charge < -0.3 is 10.1 Å². The van der Waals surface area contributed by atoms with Crippen LogP contribution in [0, 0.1) is 5.92 Å². The SMILES string of the molecule is CCOc1ccc([C@H]2C3=C(C[C@@H](C)CC3=O)Nc3nc(SCC)nn32)cc1. The molecule has 1 aliphatic heterocycles. The summed E-state index contributed by atoms with van der Waals surface area (Å²) in [6.07, 6.45) is 1.44. The number of carbonyl (C=O) groups is 1. The molecule has 0 amide bonds. The van der Waals surface area contributed by atoms with Gasteiger partial charge in [-0.1, -0.05) is 37.7 Å². The summed E-state index contributed by atoms with van der Waals surface area (Å²) in [6, 6.07) is 7.71. The summed E-state index contributed by atoms with van der Waals surface area (Å²) in [5.74, 6) is 2.98. The van der Waals surface area contributed by atoms with E-state index in [4.69, 9.17) is 4.74 Å². The number of benzene rings is 1. The minimum absolute atomic E-state index is 0.195. The molecule has 0 saturated carbocycles. The number of thioether (sulfide) groups is 1. The highest BCUT2D eigenvalue weighted by molar-refractivity contribution is 7.99. The number of carbonyl (C=O) groups excluding carboxylic acids is 1. The quantitative estimate of drug-likeness (QED) is 0.784. The van der Waals surface area contributed by atoms with Gasteiger partial charge in [0.15, 0.2) is 5.78 Å². The summed E-state index contributed by atoms with van der Waals surface area (Å²) < 4.78 is 7.43. The molecule has 2 heterocycles. The Labute approximate surface area is 163 Å². The van der Waals surface area contributed by atoms with Crippen LogP contribution in [0.2, 0.25) is 0 Å². The molecular weight excluding hydrogens is 360 g/mol. The van der Waals surface area contributed by atoms with Gasteiger partial charge in [0.25, 0.3) is 0 Å². The molecule has 2 aromatic rings. The Morgan fingerprint density at radius 2 is 2.04 bits per heavy atom. The Morgan fingerprint density at radius 3 is 2.74 bits per heavy atom. The molecule has 4 rings (SSSR count). The minimum Gasteiger partial charge on any atom is -0.494 e. The van der Waals surface area contributed by atoms with Gasteiger partial charge in [0.05, 0.1) is 6.61 Å². The normalized spacial score (nSPS) is 21.5. The highest BCUT2D eigenvalue weighted by atomic mass is 32.2. The zero-order valence-corrected chi connectivity index (χ0v) is 16.7. The summed E-state index contributed by atoms with van der Waals surface area (Å²) in [5, 5.41) is 8.80. The van der Waals surface area contributed by atoms with Crippen molar-refractivity contribution >= 4 is 23.5 Å². The fourth-order valence-corrected chi connectivity index (χ4v) is 4.35. The van der Waals surface area contributed by atoms with Crippen molar-refractivity contribution in [1.82, 2.24) is 14.8 Å². The topological polar surface area (TPSA) is 69.0 Å². The van der Waals surface area contributed by atoms with Gasteiger partial charge in [0.2, 0.25) is 11.1 Å². The van der Waals surface area contributed by atoms with Crippen LogP contribution in [-0.2, 0) is 4.79 Å². The van der Waals surface area contributed by atoms with Gasteiger partial charge in [-0.3, -0.25) is 4.79 Å². The van der Waals surface area contributed by atoms with Crippen LogP contribution in [0.5, 0.6) is 5.75 Å². The number of allylic oxidation sites excluding steroid dienone is 2. The summed E-state index contributed by atoms with van der Waals surface area (Å²) in [4.78, 5) is 17.6. The summed E-state index contributed by atoms with van der Waals surface area (Å²) in [7, 11) is 0. The smallest absolute Gasteiger partial charge is 0.227 e. The van der Waals surface area contributed by atoms with Crippen molar-refractivity contribution in [3.8, 4) is 5.75 Å². The summed E-state index contributed by atoms with van der Waals surface area (Å²) >= 11 is 1.60. The number of rotatable bonds is 5. The van der Waals surface area contributed by atoms with Crippen molar-refractivity contribution < 1.29 is 9.53 Å². The van der Waals surface area contributed by atoms with Gasteiger partial charge in [0, 0.05) is 17.7 Å². The standard InChI is InChI=1S/C20H24N4O2S/c1-4-26-14-8-6-13(7-9-14)18-17-15(10-12(3)11-16(17)25)21-19-22-20(27-5-2)23-24(18)19/h6-9,12,18H,4-5,10-11H2,1-3H3,(H,21,22,23)/t12-,18+/m1/s1. The van der Waals surface area contributed by atoms with Gasteiger partial charge >= 0.3 is 0 Å². The molecule has 142 valence electrons. The van der Waals surface area contributed by atoms with Crippen molar-refractivity contribution in [2.24, 2.45) is 5.92 Å². The molecule has 0 radical (unpaired) electrons. The number of hydrogen-bond acceptors (Lipinski definition) is 6. The molecule has 6 nitrogen and oxygen atoms in total. The predicted molar refractivity (Wildman–Crippen MR) is 106 cm³/mol. The molecule has 0 unspecified atom stereocenters. The molecule has 27 heavy (non-hydrogen) atoms. The van der Waals surface area contributed by atoms with Crippen molar-refractivity contribution in [2.75, 3.05) is 17.7 Å². The van der Waals surface area contributed by atoms with E-state index in [0.717, 1.165) is 39.9 Å². The lowest BCUT2D eigenvalue weighted by Crippen LogP contribution is -2.33. The molecule has 1 aliphatic carbocycles. The van der Waals surface area contributed by atoms with Crippen LogP contribution in [0.15, 0.2) is 40.7 Å². The predicted octanol–water partition coefficient (Wildman–Crippen LogP) is 4.06. The van der Waals surface area contributed by atoms with E-state index in [0.29, 0.717) is 24.9 Å². The third kappa shape index (κ3) is 3.36. The van der Waals surface area contributed by atoms with Crippen LogP contribution in [0.1, 0.15) is 45.2 Å². The zero-order valence-electron chi connectivity index (χ0n) is 15.9. The van der Waals surface area contributed by atoms with Crippen LogP contribution in [-0.4, -0.2) is 32.9 Å². The zero-order chi connectivity index (χ0) is 19.0. The third-order valence-electron chi connectivity index (χ3n) is 4.88. The molecule has 1 aromatic carbocycles. The second-order valence-electron chi connectivity index (χ2n) is 6.95. The molecular formula is C20H24N4O2S. The fourth-order valence-electron chi connectivity index (χ4n) is 3.80. The number of nitrogens with zero attached hydrogens (tertiary/aromatic N) is 3. The van der Waals surface area contributed by atoms with E-state index in [1.165, 1.54) is 0 Å². The van der Waals surface area contributed by atoms with Gasteiger partial charge in [-0.05, 0) is 42.7 Å². The first-order chi connectivity index (χ1) is 13.1. The molecule has 0 fully saturated rings. The highest BCUT2D eigenvalue weighted by Crippen LogP contribution is 2.42. The van der Waals surface area contributed by atoms with E-state index >= 15 is 0 Å². The Kier molecular flexibility index (Phi) is 4.95. The monoisotopic (exact) mass is 384 g/mol. The number of anilines is 1. The Hall–Kier alpha value is -2.28. The minimum atomic E-state index is -0.245. The van der Waals surface area contributed by atoms with Crippen LogP contribution in [0.3, 0.4) is 0 Å². The first-order valence-corrected chi connectivity index (χ1v) is 10.4. The largest absolute Gasteiger partial charge is 0.494 e. The maximum absolute atomic E-state index is 12.9. The molecule has 0 spiro atoms. The van der Waals surface area contributed by atoms with Gasteiger partial charge in [-0.2, -0.15) is 4.98 Å². The Bertz CT molecular complexity index is 888. The van der Waals surface area contributed by atoms with Crippen LogP contribution < -0.4 is 10.1 Å². The molecule has 1 aromatic heterocycles. The maximum Gasteiger partial charge on any atom is 0.227 e. The second kappa shape index (κ2) is 7.38. The van der Waals surface area contributed by atoms with E-state index in [1.807, 2.05) is 35.9 Å². The molecule has 7 heteroatoms. The van der Waals surface area contributed by atoms with E-state index in [-0.39, 0.29) is 11.8 Å². The van der Waals surface area contributed by atoms with E-state index in [1.54, 1.807) is 11.8 Å². The summed E-state index contributed by atoms with van der Waals surface area (Å²) in [5.41, 5.74) is 2.84. The number of hydrogen-bond donors (Lipinski definition) is 1. The van der Waals surface area contributed by atoms with Crippen molar-refractivity contribution in [1.29, 1.82) is 0 Å². The number of Topliss-reactive ketones (excluding diaryl/α,β-unsaturated/α-hetero) is 1. The van der Waals surface area contributed by atoms with E-state index < -0.39 is 0 Å². The summed E-state index contributed by atoms with van der Waals surface area (Å²) in [6.45, 7) is 6.79. The van der Waals surface area contributed by atoms with Crippen molar-refractivity contribution in [2.45, 2.75) is 44.8 Å². The fraction of sp³-hybridized carbons (Fsp3) is 0.450. The molecule has 0 bridgehead atoms. The Morgan fingerprint density at radius 1 is 1.26 bits per heavy atom. The number of ketones is 1. The number of nitrogens with one attached hydrogen (secondary N) is 1. The molecule has 2 atom stereocenters. The lowest BCUT2D eigenvalue weighted by molar-refractivity contribution is -0.117. The molecule has 2 aliphatic rings. The lowest BCUT2D eigenvalue weighted by Gasteiger charge is -2.34. The lowest BCUT2D eigenvalue weighted by atomic mass is 9.81. The van der Waals surface area contributed by atoms with Crippen LogP contribution in [0.4, 0.5) is 5.95 Å². The van der Waals surface area contributed by atoms with E-state index in [9.17, 15) is 4.79 Å². The Balaban J connectivity index is 1.81. The molecule has 0 saturated heterocycles. The number of fused-ring (bicyclic) bond motifs is 1. The second-order valence-corrected chi connectivity index (χ2v) is 8.19. The number of ether oxygens (including phenoxy) is 1. The molecule has 1 N–H and O–H groups in total.